The first kappa shape index (κ1) is 17.1. The molecule has 1 aliphatic carbocycles. The number of rotatable bonds is 5. The van der Waals surface area contributed by atoms with E-state index >= 15 is 0 Å². The number of anilines is 1. The van der Waals surface area contributed by atoms with Crippen LogP contribution in [-0.2, 0) is 19.1 Å². The summed E-state index contributed by atoms with van der Waals surface area (Å²) in [5, 5.41) is 2.91. The number of nitrogens with one attached hydrogen (secondary N) is 1. The van der Waals surface area contributed by atoms with E-state index in [-0.39, 0.29) is 5.70 Å². The fourth-order valence-corrected chi connectivity index (χ4v) is 2.86. The van der Waals surface area contributed by atoms with E-state index in [1.54, 1.807) is 0 Å². The summed E-state index contributed by atoms with van der Waals surface area (Å²) in [5.41, 5.74) is 2.10. The van der Waals surface area contributed by atoms with E-state index in [0.29, 0.717) is 5.92 Å². The SMILES string of the molecule is COC(=O)/C=C(/Nc1ccc(C2CCCCC2)cc1)C(=O)OC. The Kier molecular flexibility index (Phi) is 6.20. The van der Waals surface area contributed by atoms with Crippen LogP contribution in [0.5, 0.6) is 0 Å². The molecule has 23 heavy (non-hydrogen) atoms. The van der Waals surface area contributed by atoms with Crippen LogP contribution < -0.4 is 5.32 Å². The molecule has 0 saturated heterocycles. The first-order valence-electron chi connectivity index (χ1n) is 7.89. The predicted molar refractivity (Wildman–Crippen MR) is 88.0 cm³/mol. The third-order valence-electron chi connectivity index (χ3n) is 4.13. The molecular formula is C18H23NO4. The molecule has 0 atom stereocenters. The lowest BCUT2D eigenvalue weighted by atomic mass is 9.84. The van der Waals surface area contributed by atoms with E-state index in [4.69, 9.17) is 0 Å². The summed E-state index contributed by atoms with van der Waals surface area (Å²) >= 11 is 0. The number of carbonyl (C=O) groups is 2. The van der Waals surface area contributed by atoms with Crippen molar-refractivity contribution >= 4 is 17.6 Å². The van der Waals surface area contributed by atoms with Gasteiger partial charge < -0.3 is 14.8 Å². The van der Waals surface area contributed by atoms with Crippen molar-refractivity contribution in [3.8, 4) is 0 Å². The number of esters is 2. The van der Waals surface area contributed by atoms with E-state index in [1.807, 2.05) is 12.1 Å². The molecule has 1 aliphatic rings. The van der Waals surface area contributed by atoms with Crippen molar-refractivity contribution in [3.05, 3.63) is 41.6 Å². The van der Waals surface area contributed by atoms with Crippen LogP contribution in [0.15, 0.2) is 36.0 Å². The van der Waals surface area contributed by atoms with Crippen molar-refractivity contribution in [3.63, 3.8) is 0 Å². The Morgan fingerprint density at radius 2 is 1.70 bits per heavy atom. The first-order valence-corrected chi connectivity index (χ1v) is 7.89. The fraction of sp³-hybridized carbons (Fsp3) is 0.444. The van der Waals surface area contributed by atoms with Crippen molar-refractivity contribution in [1.29, 1.82) is 0 Å². The van der Waals surface area contributed by atoms with E-state index in [0.717, 1.165) is 11.8 Å². The largest absolute Gasteiger partial charge is 0.466 e. The Morgan fingerprint density at radius 1 is 1.04 bits per heavy atom. The number of ether oxygens (including phenoxy) is 2. The topological polar surface area (TPSA) is 64.6 Å². The first-order chi connectivity index (χ1) is 11.1. The highest BCUT2D eigenvalue weighted by Gasteiger charge is 2.16. The smallest absolute Gasteiger partial charge is 0.354 e. The zero-order chi connectivity index (χ0) is 16.7. The number of hydrogen-bond donors (Lipinski definition) is 1. The van der Waals surface area contributed by atoms with Gasteiger partial charge in [-0.2, -0.15) is 0 Å². The summed E-state index contributed by atoms with van der Waals surface area (Å²) in [5.74, 6) is -0.605. The summed E-state index contributed by atoms with van der Waals surface area (Å²) < 4.78 is 9.22. The van der Waals surface area contributed by atoms with Gasteiger partial charge in [0, 0.05) is 5.69 Å². The van der Waals surface area contributed by atoms with Gasteiger partial charge in [-0.05, 0) is 36.5 Å². The Morgan fingerprint density at radius 3 is 2.26 bits per heavy atom. The van der Waals surface area contributed by atoms with Gasteiger partial charge in [0.2, 0.25) is 0 Å². The number of hydrogen-bond acceptors (Lipinski definition) is 5. The van der Waals surface area contributed by atoms with E-state index in [1.165, 1.54) is 51.9 Å². The molecule has 2 rings (SSSR count). The normalized spacial score (nSPS) is 15.8. The minimum absolute atomic E-state index is 0.0461. The number of methoxy groups -OCH3 is 2. The number of carbonyl (C=O) groups excluding carboxylic acids is 2. The van der Waals surface area contributed by atoms with Crippen molar-refractivity contribution in [2.24, 2.45) is 0 Å². The lowest BCUT2D eigenvalue weighted by Gasteiger charge is -2.22. The van der Waals surface area contributed by atoms with Crippen molar-refractivity contribution in [1.82, 2.24) is 0 Å². The van der Waals surface area contributed by atoms with Gasteiger partial charge in [0.1, 0.15) is 5.70 Å². The molecule has 5 nitrogen and oxygen atoms in total. The van der Waals surface area contributed by atoms with Gasteiger partial charge in [0.05, 0.1) is 20.3 Å². The molecule has 1 aromatic rings. The third-order valence-corrected chi connectivity index (χ3v) is 4.13. The molecule has 124 valence electrons. The summed E-state index contributed by atoms with van der Waals surface area (Å²) in [6.45, 7) is 0. The Labute approximate surface area is 136 Å². The van der Waals surface area contributed by atoms with Gasteiger partial charge in [-0.3, -0.25) is 0 Å². The summed E-state index contributed by atoms with van der Waals surface area (Å²) in [6, 6.07) is 7.98. The average Bonchev–Trinajstić information content (AvgIpc) is 2.61. The van der Waals surface area contributed by atoms with Crippen LogP contribution in [0.3, 0.4) is 0 Å². The lowest BCUT2D eigenvalue weighted by molar-refractivity contribution is -0.138. The molecule has 0 radical (unpaired) electrons. The zero-order valence-electron chi connectivity index (χ0n) is 13.6. The van der Waals surface area contributed by atoms with Crippen LogP contribution in [0, 0.1) is 0 Å². The standard InChI is InChI=1S/C18H23NO4/c1-22-17(20)12-16(18(21)23-2)19-15-10-8-14(9-11-15)13-6-4-3-5-7-13/h8-13,19H,3-7H2,1-2H3/b16-12+. The highest BCUT2D eigenvalue weighted by Crippen LogP contribution is 2.33. The average molecular weight is 317 g/mol. The van der Waals surface area contributed by atoms with E-state index < -0.39 is 11.9 Å². The molecule has 1 N–H and O–H groups in total. The molecule has 0 spiro atoms. The summed E-state index contributed by atoms with van der Waals surface area (Å²) in [6.07, 6.45) is 7.47. The van der Waals surface area contributed by atoms with Crippen LogP contribution in [0.4, 0.5) is 5.69 Å². The molecular weight excluding hydrogens is 294 g/mol. The molecule has 1 aromatic carbocycles. The third kappa shape index (κ3) is 4.84. The van der Waals surface area contributed by atoms with Gasteiger partial charge in [-0.15, -0.1) is 0 Å². The quantitative estimate of drug-likeness (QED) is 0.666. The monoisotopic (exact) mass is 317 g/mol. The van der Waals surface area contributed by atoms with Gasteiger partial charge in [0.25, 0.3) is 0 Å². The summed E-state index contributed by atoms with van der Waals surface area (Å²) in [7, 11) is 2.52. The van der Waals surface area contributed by atoms with E-state index in [2.05, 4.69) is 26.9 Å². The number of benzene rings is 1. The molecule has 0 aliphatic heterocycles. The molecule has 0 amide bonds. The molecule has 1 fully saturated rings. The van der Waals surface area contributed by atoms with Gasteiger partial charge in [-0.25, -0.2) is 9.59 Å². The van der Waals surface area contributed by atoms with Crippen LogP contribution in [0.25, 0.3) is 0 Å². The maximum atomic E-state index is 11.7. The van der Waals surface area contributed by atoms with Crippen LogP contribution in [-0.4, -0.2) is 26.2 Å². The molecule has 0 bridgehead atoms. The van der Waals surface area contributed by atoms with Gasteiger partial charge >= 0.3 is 11.9 Å². The lowest BCUT2D eigenvalue weighted by Crippen LogP contribution is -2.15. The highest BCUT2D eigenvalue weighted by molar-refractivity contribution is 5.98. The Bertz CT molecular complexity index is 571. The summed E-state index contributed by atoms with van der Waals surface area (Å²) in [4.78, 5) is 23.1. The highest BCUT2D eigenvalue weighted by atomic mass is 16.5. The second-order valence-electron chi connectivity index (χ2n) is 5.65. The zero-order valence-corrected chi connectivity index (χ0v) is 13.6. The van der Waals surface area contributed by atoms with Crippen molar-refractivity contribution in [2.45, 2.75) is 38.0 Å². The molecule has 0 unspecified atom stereocenters. The Balaban J connectivity index is 2.09. The Hall–Kier alpha value is -2.30. The molecule has 1 saturated carbocycles. The molecule has 0 aromatic heterocycles. The van der Waals surface area contributed by atoms with Crippen molar-refractivity contribution in [2.75, 3.05) is 19.5 Å². The van der Waals surface area contributed by atoms with Crippen LogP contribution >= 0.6 is 0 Å². The van der Waals surface area contributed by atoms with E-state index in [9.17, 15) is 9.59 Å². The second kappa shape index (κ2) is 8.36. The molecule has 0 heterocycles. The minimum Gasteiger partial charge on any atom is -0.466 e. The van der Waals surface area contributed by atoms with Crippen LogP contribution in [0.2, 0.25) is 0 Å². The predicted octanol–water partition coefficient (Wildman–Crippen LogP) is 3.38. The van der Waals surface area contributed by atoms with Gasteiger partial charge in [0.15, 0.2) is 0 Å². The van der Waals surface area contributed by atoms with Crippen LogP contribution in [0.1, 0.15) is 43.6 Å². The van der Waals surface area contributed by atoms with Gasteiger partial charge in [-0.1, -0.05) is 31.4 Å². The maximum absolute atomic E-state index is 11.7. The minimum atomic E-state index is -0.619. The van der Waals surface area contributed by atoms with Crippen molar-refractivity contribution < 1.29 is 19.1 Å². The molecule has 5 heteroatoms. The fourth-order valence-electron chi connectivity index (χ4n) is 2.86. The second-order valence-corrected chi connectivity index (χ2v) is 5.65. The maximum Gasteiger partial charge on any atom is 0.354 e.